The highest BCUT2D eigenvalue weighted by molar-refractivity contribution is 5.96. The van der Waals surface area contributed by atoms with Gasteiger partial charge in [-0.25, -0.2) is 0 Å². The summed E-state index contributed by atoms with van der Waals surface area (Å²) >= 11 is 0. The molecule has 0 aromatic carbocycles. The van der Waals surface area contributed by atoms with Gasteiger partial charge in [-0.05, 0) is 0 Å². The van der Waals surface area contributed by atoms with Gasteiger partial charge in [-0.15, -0.1) is 0 Å². The topological polar surface area (TPSA) is 43.4 Å². The maximum atomic E-state index is 11.0. The fourth-order valence-corrected chi connectivity index (χ4v) is 0.549. The zero-order valence-corrected chi connectivity index (χ0v) is 7.50. The molecule has 0 atom stereocenters. The molecule has 0 saturated carbocycles. The van der Waals surface area contributed by atoms with Crippen LogP contribution in [0.15, 0.2) is 12.7 Å². The summed E-state index contributed by atoms with van der Waals surface area (Å²) < 4.78 is 4.63. The molecule has 0 amide bonds. The Morgan fingerprint density at radius 3 is 2.50 bits per heavy atom. The van der Waals surface area contributed by atoms with Crippen LogP contribution in [0.1, 0.15) is 20.3 Å². The fourth-order valence-electron chi connectivity index (χ4n) is 0.549. The maximum Gasteiger partial charge on any atom is 0.313 e. The number of ketones is 1. The minimum atomic E-state index is -0.478. The van der Waals surface area contributed by atoms with E-state index < -0.39 is 5.97 Å². The summed E-state index contributed by atoms with van der Waals surface area (Å²) in [6.07, 6.45) is 1.34. The molecule has 0 heterocycles. The van der Waals surface area contributed by atoms with Crippen molar-refractivity contribution in [1.29, 1.82) is 0 Å². The summed E-state index contributed by atoms with van der Waals surface area (Å²) in [5, 5.41) is 0. The van der Waals surface area contributed by atoms with Gasteiger partial charge in [-0.2, -0.15) is 0 Å². The monoisotopic (exact) mass is 170 g/mol. The zero-order valence-electron chi connectivity index (χ0n) is 7.50. The van der Waals surface area contributed by atoms with Crippen molar-refractivity contribution in [3.63, 3.8) is 0 Å². The first-order valence-corrected chi connectivity index (χ1v) is 3.87. The molecule has 68 valence electrons. The minimum absolute atomic E-state index is 0.0935. The van der Waals surface area contributed by atoms with Gasteiger partial charge in [0.2, 0.25) is 0 Å². The number of hydrogen-bond acceptors (Lipinski definition) is 3. The number of hydrogen-bond donors (Lipinski definition) is 0. The lowest BCUT2D eigenvalue weighted by atomic mass is 10.1. The lowest BCUT2D eigenvalue weighted by molar-refractivity contribution is -0.145. The summed E-state index contributed by atoms with van der Waals surface area (Å²) in [4.78, 5) is 21.8. The highest BCUT2D eigenvalue weighted by Crippen LogP contribution is 1.99. The van der Waals surface area contributed by atoms with Crippen LogP contribution in [-0.2, 0) is 14.3 Å². The Balaban J connectivity index is 3.69. The summed E-state index contributed by atoms with van der Waals surface area (Å²) in [5.74, 6) is -0.682. The molecule has 0 N–H and O–H groups in total. The highest BCUT2D eigenvalue weighted by Gasteiger charge is 2.12. The van der Waals surface area contributed by atoms with Gasteiger partial charge in [-0.1, -0.05) is 26.5 Å². The highest BCUT2D eigenvalue weighted by atomic mass is 16.5. The Morgan fingerprint density at radius 1 is 1.50 bits per heavy atom. The predicted molar refractivity (Wildman–Crippen MR) is 45.6 cm³/mol. The van der Waals surface area contributed by atoms with Crippen molar-refractivity contribution in [2.45, 2.75) is 20.3 Å². The molecule has 0 aromatic rings. The van der Waals surface area contributed by atoms with E-state index in [9.17, 15) is 9.59 Å². The summed E-state index contributed by atoms with van der Waals surface area (Å²) in [6.45, 7) is 7.06. The molecule has 0 aliphatic heterocycles. The van der Waals surface area contributed by atoms with Crippen molar-refractivity contribution in [1.82, 2.24) is 0 Å². The molecule has 0 saturated heterocycles. The van der Waals surface area contributed by atoms with Crippen molar-refractivity contribution in [2.75, 3.05) is 6.61 Å². The van der Waals surface area contributed by atoms with Gasteiger partial charge in [0.05, 0.1) is 0 Å². The van der Waals surface area contributed by atoms with E-state index in [1.165, 1.54) is 6.08 Å². The molecule has 0 bridgehead atoms. The van der Waals surface area contributed by atoms with Gasteiger partial charge < -0.3 is 4.74 Å². The van der Waals surface area contributed by atoms with Crippen LogP contribution in [0, 0.1) is 5.92 Å². The molecular weight excluding hydrogens is 156 g/mol. The number of carbonyl (C=O) groups excluding carboxylic acids is 2. The van der Waals surface area contributed by atoms with E-state index in [-0.39, 0.29) is 24.7 Å². The van der Waals surface area contributed by atoms with Crippen molar-refractivity contribution >= 4 is 11.8 Å². The third-order valence-electron chi connectivity index (χ3n) is 1.32. The third-order valence-corrected chi connectivity index (χ3v) is 1.32. The molecule has 0 aromatic heterocycles. The molecule has 3 heteroatoms. The number of carbonyl (C=O) groups is 2. The number of ether oxygens (including phenoxy) is 1. The molecule has 12 heavy (non-hydrogen) atoms. The van der Waals surface area contributed by atoms with E-state index in [1.54, 1.807) is 13.8 Å². The van der Waals surface area contributed by atoms with Crippen LogP contribution in [-0.4, -0.2) is 18.4 Å². The second kappa shape index (κ2) is 5.52. The van der Waals surface area contributed by atoms with Crippen molar-refractivity contribution in [3.8, 4) is 0 Å². The van der Waals surface area contributed by atoms with Crippen LogP contribution >= 0.6 is 0 Å². The van der Waals surface area contributed by atoms with Crippen LogP contribution in [0.2, 0.25) is 0 Å². The first-order valence-electron chi connectivity index (χ1n) is 3.87. The Hall–Kier alpha value is -1.12. The fraction of sp³-hybridized carbons (Fsp3) is 0.556. The second-order valence-electron chi connectivity index (χ2n) is 2.77. The molecular formula is C9H14O3. The van der Waals surface area contributed by atoms with Crippen molar-refractivity contribution in [3.05, 3.63) is 12.7 Å². The van der Waals surface area contributed by atoms with E-state index in [1.807, 2.05) is 0 Å². The van der Waals surface area contributed by atoms with Crippen LogP contribution in [0.5, 0.6) is 0 Å². The van der Waals surface area contributed by atoms with E-state index >= 15 is 0 Å². The first-order chi connectivity index (χ1) is 5.57. The van der Waals surface area contributed by atoms with Gasteiger partial charge >= 0.3 is 5.97 Å². The van der Waals surface area contributed by atoms with Gasteiger partial charge in [0.1, 0.15) is 18.8 Å². The Bertz CT molecular complexity index is 182. The third kappa shape index (κ3) is 4.66. The largest absolute Gasteiger partial charge is 0.461 e. The first kappa shape index (κ1) is 10.9. The molecule has 0 aliphatic carbocycles. The quantitative estimate of drug-likeness (QED) is 0.355. The molecule has 0 aliphatic rings. The van der Waals surface area contributed by atoms with E-state index in [0.717, 1.165) is 0 Å². The van der Waals surface area contributed by atoms with Crippen molar-refractivity contribution < 1.29 is 14.3 Å². The Kier molecular flexibility index (Phi) is 5.00. The smallest absolute Gasteiger partial charge is 0.313 e. The second-order valence-corrected chi connectivity index (χ2v) is 2.77. The van der Waals surface area contributed by atoms with Gasteiger partial charge in [0.15, 0.2) is 0 Å². The van der Waals surface area contributed by atoms with E-state index in [2.05, 4.69) is 11.3 Å². The predicted octanol–water partition coefficient (Wildman–Crippen LogP) is 1.33. The lowest BCUT2D eigenvalue weighted by Gasteiger charge is -2.03. The average Bonchev–Trinajstić information content (AvgIpc) is 2.00. The van der Waals surface area contributed by atoms with Crippen molar-refractivity contribution in [2.24, 2.45) is 5.92 Å². The van der Waals surface area contributed by atoms with Crippen LogP contribution in [0.25, 0.3) is 0 Å². The average molecular weight is 170 g/mol. The normalized spacial score (nSPS) is 9.58. The summed E-state index contributed by atoms with van der Waals surface area (Å²) in [5.41, 5.74) is 0. The zero-order chi connectivity index (χ0) is 9.56. The number of esters is 1. The van der Waals surface area contributed by atoms with Crippen LogP contribution in [0.3, 0.4) is 0 Å². The summed E-state index contributed by atoms with van der Waals surface area (Å²) in [6, 6.07) is 0. The van der Waals surface area contributed by atoms with Crippen LogP contribution in [0.4, 0.5) is 0 Å². The van der Waals surface area contributed by atoms with Crippen LogP contribution < -0.4 is 0 Å². The molecule has 0 unspecified atom stereocenters. The molecule has 3 nitrogen and oxygen atoms in total. The van der Waals surface area contributed by atoms with Gasteiger partial charge in [-0.3, -0.25) is 9.59 Å². The lowest BCUT2D eigenvalue weighted by Crippen LogP contribution is -2.15. The molecule has 0 fully saturated rings. The van der Waals surface area contributed by atoms with E-state index in [0.29, 0.717) is 0 Å². The van der Waals surface area contributed by atoms with Gasteiger partial charge in [0, 0.05) is 5.92 Å². The van der Waals surface area contributed by atoms with Gasteiger partial charge in [0.25, 0.3) is 0 Å². The Morgan fingerprint density at radius 2 is 2.08 bits per heavy atom. The standard InChI is InChI=1S/C9H14O3/c1-4-5-12-9(11)6-8(10)7(2)3/h4,7H,1,5-6H2,2-3H3. The SMILES string of the molecule is C=CCOC(=O)CC(=O)C(C)C. The molecule has 0 radical (unpaired) electrons. The summed E-state index contributed by atoms with van der Waals surface area (Å²) in [7, 11) is 0. The minimum Gasteiger partial charge on any atom is -0.461 e. The molecule has 0 spiro atoms. The van der Waals surface area contributed by atoms with E-state index in [4.69, 9.17) is 0 Å². The number of rotatable bonds is 5. The Labute approximate surface area is 72.4 Å². The maximum absolute atomic E-state index is 11.0. The number of Topliss-reactive ketones (excluding diaryl/α,β-unsaturated/α-hetero) is 1. The molecule has 0 rings (SSSR count).